The van der Waals surface area contributed by atoms with Crippen molar-refractivity contribution in [3.63, 3.8) is 0 Å². The number of hydrogen-bond donors (Lipinski definition) is 3. The summed E-state index contributed by atoms with van der Waals surface area (Å²) >= 11 is 0. The first kappa shape index (κ1) is 12.7. The molecular weight excluding hydrogens is 206 g/mol. The van der Waals surface area contributed by atoms with Gasteiger partial charge in [-0.15, -0.1) is 0 Å². The SMILES string of the molecule is CC(C)c1ccccc1C(O)C(O)C(N)=O. The highest BCUT2D eigenvalue weighted by molar-refractivity contribution is 5.79. The van der Waals surface area contributed by atoms with E-state index in [1.54, 1.807) is 12.1 Å². The largest absolute Gasteiger partial charge is 0.385 e. The summed E-state index contributed by atoms with van der Waals surface area (Å²) in [5.74, 6) is -0.725. The van der Waals surface area contributed by atoms with Gasteiger partial charge in [0.05, 0.1) is 0 Å². The van der Waals surface area contributed by atoms with Crippen molar-refractivity contribution in [3.8, 4) is 0 Å². The van der Waals surface area contributed by atoms with Crippen molar-refractivity contribution in [2.24, 2.45) is 5.73 Å². The molecule has 1 amide bonds. The Labute approximate surface area is 94.7 Å². The van der Waals surface area contributed by atoms with E-state index in [2.05, 4.69) is 0 Å². The van der Waals surface area contributed by atoms with Gasteiger partial charge in [0.2, 0.25) is 5.91 Å². The topological polar surface area (TPSA) is 83.6 Å². The maximum Gasteiger partial charge on any atom is 0.249 e. The minimum absolute atomic E-state index is 0.200. The lowest BCUT2D eigenvalue weighted by Crippen LogP contribution is -2.34. The summed E-state index contributed by atoms with van der Waals surface area (Å²) in [4.78, 5) is 10.8. The van der Waals surface area contributed by atoms with Crippen molar-refractivity contribution in [2.75, 3.05) is 0 Å². The second kappa shape index (κ2) is 5.09. The predicted octanol–water partition coefficient (Wildman–Crippen LogP) is 0.690. The Bertz CT molecular complexity index is 376. The summed E-state index contributed by atoms with van der Waals surface area (Å²) in [5, 5.41) is 19.3. The molecule has 2 unspecified atom stereocenters. The van der Waals surface area contributed by atoms with Crippen LogP contribution in [-0.2, 0) is 4.79 Å². The second-order valence-corrected chi connectivity index (χ2v) is 4.08. The number of primary amides is 1. The molecule has 0 saturated heterocycles. The van der Waals surface area contributed by atoms with Crippen LogP contribution in [0.3, 0.4) is 0 Å². The fraction of sp³-hybridized carbons (Fsp3) is 0.417. The summed E-state index contributed by atoms with van der Waals surface area (Å²) in [7, 11) is 0. The third-order valence-corrected chi connectivity index (χ3v) is 2.53. The lowest BCUT2D eigenvalue weighted by atomic mass is 9.92. The maximum atomic E-state index is 10.8. The molecule has 2 atom stereocenters. The normalized spacial score (nSPS) is 14.8. The molecule has 0 saturated carbocycles. The van der Waals surface area contributed by atoms with Gasteiger partial charge in [-0.3, -0.25) is 4.79 Å². The Morgan fingerprint density at radius 1 is 1.19 bits per heavy atom. The number of aliphatic hydroxyl groups excluding tert-OH is 2. The number of aliphatic hydroxyl groups is 2. The highest BCUT2D eigenvalue weighted by atomic mass is 16.3. The van der Waals surface area contributed by atoms with Gasteiger partial charge in [-0.2, -0.15) is 0 Å². The molecule has 1 aromatic rings. The van der Waals surface area contributed by atoms with Crippen LogP contribution < -0.4 is 5.73 Å². The Morgan fingerprint density at radius 3 is 2.12 bits per heavy atom. The zero-order valence-corrected chi connectivity index (χ0v) is 9.42. The number of amides is 1. The van der Waals surface area contributed by atoms with Gasteiger partial charge in [0.15, 0.2) is 6.10 Å². The molecule has 0 aliphatic heterocycles. The van der Waals surface area contributed by atoms with Gasteiger partial charge < -0.3 is 15.9 Å². The summed E-state index contributed by atoms with van der Waals surface area (Å²) < 4.78 is 0. The van der Waals surface area contributed by atoms with E-state index in [-0.39, 0.29) is 5.92 Å². The molecule has 1 aromatic carbocycles. The molecule has 0 radical (unpaired) electrons. The van der Waals surface area contributed by atoms with Gasteiger partial charge in [0, 0.05) is 0 Å². The molecule has 88 valence electrons. The zero-order chi connectivity index (χ0) is 12.3. The van der Waals surface area contributed by atoms with Crippen molar-refractivity contribution >= 4 is 5.91 Å². The van der Waals surface area contributed by atoms with Crippen molar-refractivity contribution in [1.82, 2.24) is 0 Å². The Kier molecular flexibility index (Phi) is 4.04. The average Bonchev–Trinajstić information content (AvgIpc) is 2.26. The highest BCUT2D eigenvalue weighted by Crippen LogP contribution is 2.26. The van der Waals surface area contributed by atoms with Crippen LogP contribution >= 0.6 is 0 Å². The summed E-state index contributed by atoms with van der Waals surface area (Å²) in [5.41, 5.74) is 6.40. The van der Waals surface area contributed by atoms with Crippen LogP contribution in [0.2, 0.25) is 0 Å². The number of carbonyl (C=O) groups excluding carboxylic acids is 1. The molecular formula is C12H17NO3. The molecule has 1 rings (SSSR count). The smallest absolute Gasteiger partial charge is 0.249 e. The van der Waals surface area contributed by atoms with Crippen LogP contribution in [0, 0.1) is 0 Å². The van der Waals surface area contributed by atoms with Crippen molar-refractivity contribution in [2.45, 2.75) is 32.0 Å². The van der Waals surface area contributed by atoms with Crippen molar-refractivity contribution in [3.05, 3.63) is 35.4 Å². The fourth-order valence-corrected chi connectivity index (χ4v) is 1.63. The molecule has 0 aliphatic rings. The first-order valence-electron chi connectivity index (χ1n) is 5.19. The third kappa shape index (κ3) is 2.59. The van der Waals surface area contributed by atoms with Gasteiger partial charge >= 0.3 is 0 Å². The van der Waals surface area contributed by atoms with E-state index in [0.717, 1.165) is 5.56 Å². The highest BCUT2D eigenvalue weighted by Gasteiger charge is 2.25. The zero-order valence-electron chi connectivity index (χ0n) is 9.42. The van der Waals surface area contributed by atoms with Crippen LogP contribution in [0.1, 0.15) is 37.0 Å². The second-order valence-electron chi connectivity index (χ2n) is 4.08. The first-order chi connectivity index (χ1) is 7.45. The van der Waals surface area contributed by atoms with E-state index in [4.69, 9.17) is 5.73 Å². The minimum atomic E-state index is -1.57. The summed E-state index contributed by atoms with van der Waals surface area (Å²) in [6, 6.07) is 7.14. The lowest BCUT2D eigenvalue weighted by molar-refractivity contribution is -0.132. The molecule has 0 fully saturated rings. The van der Waals surface area contributed by atoms with Crippen LogP contribution in [0.25, 0.3) is 0 Å². The molecule has 4 heteroatoms. The van der Waals surface area contributed by atoms with Crippen LogP contribution in [0.4, 0.5) is 0 Å². The van der Waals surface area contributed by atoms with E-state index >= 15 is 0 Å². The average molecular weight is 223 g/mol. The predicted molar refractivity (Wildman–Crippen MR) is 60.7 cm³/mol. The number of nitrogens with two attached hydrogens (primary N) is 1. The standard InChI is InChI=1S/C12H17NO3/c1-7(2)8-5-3-4-6-9(8)10(14)11(15)12(13)16/h3-7,10-11,14-15H,1-2H3,(H2,13,16). The number of hydrogen-bond acceptors (Lipinski definition) is 3. The Hall–Kier alpha value is -1.39. The molecule has 0 aliphatic carbocycles. The molecule has 16 heavy (non-hydrogen) atoms. The van der Waals surface area contributed by atoms with Gasteiger partial charge in [-0.05, 0) is 17.0 Å². The third-order valence-electron chi connectivity index (χ3n) is 2.53. The molecule has 0 spiro atoms. The van der Waals surface area contributed by atoms with Crippen LogP contribution in [0.15, 0.2) is 24.3 Å². The van der Waals surface area contributed by atoms with Gasteiger partial charge in [-0.25, -0.2) is 0 Å². The Morgan fingerprint density at radius 2 is 1.69 bits per heavy atom. The van der Waals surface area contributed by atoms with Gasteiger partial charge in [0.25, 0.3) is 0 Å². The van der Waals surface area contributed by atoms with E-state index in [9.17, 15) is 15.0 Å². The minimum Gasteiger partial charge on any atom is -0.385 e. The summed E-state index contributed by atoms with van der Waals surface area (Å²) in [6.45, 7) is 3.95. The van der Waals surface area contributed by atoms with E-state index in [1.807, 2.05) is 26.0 Å². The first-order valence-corrected chi connectivity index (χ1v) is 5.19. The lowest BCUT2D eigenvalue weighted by Gasteiger charge is -2.20. The number of benzene rings is 1. The van der Waals surface area contributed by atoms with Crippen molar-refractivity contribution in [1.29, 1.82) is 0 Å². The summed E-state index contributed by atoms with van der Waals surface area (Å²) in [6.07, 6.45) is -2.84. The van der Waals surface area contributed by atoms with E-state index < -0.39 is 18.1 Å². The van der Waals surface area contributed by atoms with E-state index in [1.165, 1.54) is 0 Å². The fourth-order valence-electron chi connectivity index (χ4n) is 1.63. The van der Waals surface area contributed by atoms with Gasteiger partial charge in [0.1, 0.15) is 6.10 Å². The van der Waals surface area contributed by atoms with Crippen LogP contribution in [0.5, 0.6) is 0 Å². The number of carbonyl (C=O) groups is 1. The Balaban J connectivity index is 3.07. The number of rotatable bonds is 4. The monoisotopic (exact) mass is 223 g/mol. The van der Waals surface area contributed by atoms with Crippen LogP contribution in [-0.4, -0.2) is 22.2 Å². The van der Waals surface area contributed by atoms with Crippen molar-refractivity contribution < 1.29 is 15.0 Å². The van der Waals surface area contributed by atoms with E-state index in [0.29, 0.717) is 5.56 Å². The molecule has 0 bridgehead atoms. The quantitative estimate of drug-likeness (QED) is 0.702. The maximum absolute atomic E-state index is 10.8. The molecule has 4 N–H and O–H groups in total. The van der Waals surface area contributed by atoms with Gasteiger partial charge in [-0.1, -0.05) is 38.1 Å². The molecule has 0 heterocycles. The molecule has 4 nitrogen and oxygen atoms in total. The molecule has 0 aromatic heterocycles.